The molecular formula is C32H44O8. The summed E-state index contributed by atoms with van der Waals surface area (Å²) in [7, 11) is 0. The van der Waals surface area contributed by atoms with Crippen LogP contribution in [0, 0.1) is 5.92 Å². The third-order valence-electron chi connectivity index (χ3n) is 6.20. The Morgan fingerprint density at radius 3 is 1.43 bits per heavy atom. The summed E-state index contributed by atoms with van der Waals surface area (Å²) in [4.78, 5) is 46.9. The molecule has 0 aliphatic rings. The van der Waals surface area contributed by atoms with Crippen LogP contribution in [-0.4, -0.2) is 48.8 Å². The fourth-order valence-corrected chi connectivity index (χ4v) is 3.63. The van der Waals surface area contributed by atoms with E-state index in [2.05, 4.69) is 13.8 Å². The van der Waals surface area contributed by atoms with E-state index in [1.165, 1.54) is 12.1 Å². The first-order valence-electron chi connectivity index (χ1n) is 14.2. The van der Waals surface area contributed by atoms with E-state index in [1.54, 1.807) is 36.4 Å². The van der Waals surface area contributed by atoms with E-state index in [0.29, 0.717) is 25.7 Å². The van der Waals surface area contributed by atoms with Gasteiger partial charge in [0, 0.05) is 0 Å². The Morgan fingerprint density at radius 1 is 0.625 bits per heavy atom. The number of carboxylic acids is 1. The number of unbranched alkanes of at least 4 members (excludes halogenated alkanes) is 3. The molecule has 8 heteroatoms. The molecule has 0 saturated carbocycles. The molecule has 0 saturated heterocycles. The molecule has 0 aliphatic carbocycles. The van der Waals surface area contributed by atoms with Crippen LogP contribution in [0.4, 0.5) is 0 Å². The molecule has 0 aliphatic heterocycles. The average molecular weight is 557 g/mol. The van der Waals surface area contributed by atoms with Gasteiger partial charge in [-0.05, 0) is 49.4 Å². The third-order valence-corrected chi connectivity index (χ3v) is 6.20. The number of rotatable bonds is 16. The first-order valence-corrected chi connectivity index (χ1v) is 14.2. The Labute approximate surface area is 238 Å². The van der Waals surface area contributed by atoms with Crippen LogP contribution in [0.1, 0.15) is 120 Å². The predicted octanol–water partition coefficient (Wildman–Crippen LogP) is 7.36. The molecule has 2 rings (SSSR count). The molecule has 1 unspecified atom stereocenters. The minimum atomic E-state index is -1.12. The largest absolute Gasteiger partial charge is 0.478 e. The third kappa shape index (κ3) is 12.5. The Hall–Kier alpha value is -3.68. The van der Waals surface area contributed by atoms with Crippen LogP contribution in [0.3, 0.4) is 0 Å². The van der Waals surface area contributed by atoms with Crippen molar-refractivity contribution in [1.82, 2.24) is 0 Å². The topological polar surface area (TPSA) is 116 Å². The van der Waals surface area contributed by atoms with E-state index >= 15 is 0 Å². The maximum Gasteiger partial charge on any atom is 0.339 e. The molecule has 0 spiro atoms. The van der Waals surface area contributed by atoms with Gasteiger partial charge in [-0.1, -0.05) is 84.1 Å². The fourth-order valence-electron chi connectivity index (χ4n) is 3.63. The standard InChI is InChI=1S/2C16H22O4/c1-3-5-8-12(4-2)11-20-16(19)14-10-7-6-9-13(14)15(17)18;1-3-5-11-19-15(17)13-9-7-8-10-14(13)16(18)20-12-6-4-2/h6-7,9-10,12H,3-5,8,11H2,1-2H3,(H,17,18);7-10H,3-6,11-12H2,1-2H3. The van der Waals surface area contributed by atoms with Crippen molar-refractivity contribution in [2.24, 2.45) is 5.92 Å². The highest BCUT2D eigenvalue weighted by Gasteiger charge is 2.19. The van der Waals surface area contributed by atoms with Gasteiger partial charge in [-0.3, -0.25) is 0 Å². The summed E-state index contributed by atoms with van der Waals surface area (Å²) in [5, 5.41) is 9.05. The second-order valence-electron chi connectivity index (χ2n) is 9.39. The summed E-state index contributed by atoms with van der Waals surface area (Å²) in [5.41, 5.74) is 0.639. The lowest BCUT2D eigenvalue weighted by Gasteiger charge is -2.15. The monoisotopic (exact) mass is 556 g/mol. The summed E-state index contributed by atoms with van der Waals surface area (Å²) in [6, 6.07) is 12.7. The van der Waals surface area contributed by atoms with E-state index in [1.807, 2.05) is 13.8 Å². The molecule has 2 aromatic carbocycles. The van der Waals surface area contributed by atoms with Crippen LogP contribution in [-0.2, 0) is 14.2 Å². The quantitative estimate of drug-likeness (QED) is 0.129. The number of hydrogen-bond donors (Lipinski definition) is 1. The number of aromatic carboxylic acids is 1. The highest BCUT2D eigenvalue weighted by Crippen LogP contribution is 2.16. The SMILES string of the molecule is CCCCC(CC)COC(=O)c1ccccc1C(=O)O.CCCCOC(=O)c1ccccc1C(=O)OCCCC. The zero-order chi connectivity index (χ0) is 29.8. The highest BCUT2D eigenvalue weighted by atomic mass is 16.5. The molecular weight excluding hydrogens is 512 g/mol. The van der Waals surface area contributed by atoms with Crippen molar-refractivity contribution >= 4 is 23.9 Å². The molecule has 0 aromatic heterocycles. The zero-order valence-corrected chi connectivity index (χ0v) is 24.3. The van der Waals surface area contributed by atoms with Gasteiger partial charge in [-0.2, -0.15) is 0 Å². The van der Waals surface area contributed by atoms with Gasteiger partial charge in [0.15, 0.2) is 0 Å². The highest BCUT2D eigenvalue weighted by molar-refractivity contribution is 6.03. The zero-order valence-electron chi connectivity index (χ0n) is 24.3. The van der Waals surface area contributed by atoms with E-state index in [9.17, 15) is 19.2 Å². The van der Waals surface area contributed by atoms with E-state index in [0.717, 1.165) is 51.4 Å². The summed E-state index contributed by atoms with van der Waals surface area (Å²) >= 11 is 0. The predicted molar refractivity (Wildman–Crippen MR) is 154 cm³/mol. The minimum absolute atomic E-state index is 0.0147. The van der Waals surface area contributed by atoms with Crippen LogP contribution in [0.15, 0.2) is 48.5 Å². The molecule has 1 atom stereocenters. The smallest absolute Gasteiger partial charge is 0.339 e. The Bertz CT molecular complexity index is 1020. The Balaban J connectivity index is 0.000000400. The average Bonchev–Trinajstić information content (AvgIpc) is 2.97. The van der Waals surface area contributed by atoms with Crippen molar-refractivity contribution in [2.45, 2.75) is 79.1 Å². The minimum Gasteiger partial charge on any atom is -0.478 e. The molecule has 0 fully saturated rings. The molecule has 220 valence electrons. The maximum atomic E-state index is 12.0. The van der Waals surface area contributed by atoms with Crippen molar-refractivity contribution in [3.63, 3.8) is 0 Å². The lowest BCUT2D eigenvalue weighted by Crippen LogP contribution is -2.16. The van der Waals surface area contributed by atoms with Gasteiger partial charge in [0.1, 0.15) is 0 Å². The summed E-state index contributed by atoms with van der Waals surface area (Å²) < 4.78 is 15.5. The molecule has 0 heterocycles. The molecule has 0 amide bonds. The Kier molecular flexibility index (Phi) is 17.4. The number of esters is 3. The second kappa shape index (κ2) is 20.3. The number of carboxylic acid groups (broad SMARTS) is 1. The van der Waals surface area contributed by atoms with Crippen LogP contribution in [0.2, 0.25) is 0 Å². The molecule has 2 aromatic rings. The first-order chi connectivity index (χ1) is 19.3. The lowest BCUT2D eigenvalue weighted by molar-refractivity contribution is 0.0419. The number of hydrogen-bond acceptors (Lipinski definition) is 7. The molecule has 0 radical (unpaired) electrons. The van der Waals surface area contributed by atoms with Crippen molar-refractivity contribution < 1.29 is 38.5 Å². The number of carbonyl (C=O) groups is 4. The van der Waals surface area contributed by atoms with Gasteiger partial charge in [0.25, 0.3) is 0 Å². The lowest BCUT2D eigenvalue weighted by atomic mass is 10.0. The number of ether oxygens (including phenoxy) is 3. The van der Waals surface area contributed by atoms with Crippen LogP contribution in [0.5, 0.6) is 0 Å². The van der Waals surface area contributed by atoms with Gasteiger partial charge in [0.05, 0.1) is 42.1 Å². The van der Waals surface area contributed by atoms with Crippen molar-refractivity contribution in [3.05, 3.63) is 70.8 Å². The van der Waals surface area contributed by atoms with Gasteiger partial charge < -0.3 is 19.3 Å². The van der Waals surface area contributed by atoms with E-state index in [-0.39, 0.29) is 22.3 Å². The van der Waals surface area contributed by atoms with Gasteiger partial charge in [-0.15, -0.1) is 0 Å². The summed E-state index contributed by atoms with van der Waals surface area (Å²) in [6.07, 6.45) is 7.74. The van der Waals surface area contributed by atoms with Crippen molar-refractivity contribution in [3.8, 4) is 0 Å². The van der Waals surface area contributed by atoms with Crippen LogP contribution >= 0.6 is 0 Å². The summed E-state index contributed by atoms with van der Waals surface area (Å²) in [5.74, 6) is -2.27. The first kappa shape index (κ1) is 34.3. The van der Waals surface area contributed by atoms with Gasteiger partial charge >= 0.3 is 23.9 Å². The number of benzene rings is 2. The van der Waals surface area contributed by atoms with Gasteiger partial charge in [-0.25, -0.2) is 19.2 Å². The fraction of sp³-hybridized carbons (Fsp3) is 0.500. The van der Waals surface area contributed by atoms with Crippen LogP contribution < -0.4 is 0 Å². The van der Waals surface area contributed by atoms with E-state index in [4.69, 9.17) is 19.3 Å². The van der Waals surface area contributed by atoms with Crippen LogP contribution in [0.25, 0.3) is 0 Å². The Morgan fingerprint density at radius 2 is 1.02 bits per heavy atom. The normalized spacial score (nSPS) is 11.0. The number of carbonyl (C=O) groups excluding carboxylic acids is 3. The van der Waals surface area contributed by atoms with Crippen molar-refractivity contribution in [1.29, 1.82) is 0 Å². The van der Waals surface area contributed by atoms with Crippen molar-refractivity contribution in [2.75, 3.05) is 19.8 Å². The van der Waals surface area contributed by atoms with Gasteiger partial charge in [0.2, 0.25) is 0 Å². The maximum absolute atomic E-state index is 12.0. The summed E-state index contributed by atoms with van der Waals surface area (Å²) in [6.45, 7) is 9.33. The van der Waals surface area contributed by atoms with E-state index < -0.39 is 23.9 Å². The molecule has 0 bridgehead atoms. The molecule has 40 heavy (non-hydrogen) atoms. The second-order valence-corrected chi connectivity index (χ2v) is 9.39. The molecule has 1 N–H and O–H groups in total. The molecule has 8 nitrogen and oxygen atoms in total.